The van der Waals surface area contributed by atoms with Crippen molar-refractivity contribution in [2.45, 2.75) is 18.9 Å². The van der Waals surface area contributed by atoms with Crippen molar-refractivity contribution >= 4 is 17.5 Å². The summed E-state index contributed by atoms with van der Waals surface area (Å²) in [5, 5.41) is 8.35. The third kappa shape index (κ3) is 4.89. The molecular weight excluding hydrogens is 258 g/mol. The highest BCUT2D eigenvalue weighted by atomic mass is 16.5. The van der Waals surface area contributed by atoms with Gasteiger partial charge in [-0.1, -0.05) is 0 Å². The summed E-state index contributed by atoms with van der Waals surface area (Å²) < 4.78 is 5.03. The zero-order valence-corrected chi connectivity index (χ0v) is 11.4. The molecule has 0 saturated heterocycles. The summed E-state index contributed by atoms with van der Waals surface area (Å²) in [6, 6.07) is 7.48. The van der Waals surface area contributed by atoms with Gasteiger partial charge in [0.15, 0.2) is 0 Å². The molecule has 0 unspecified atom stereocenters. The third-order valence-electron chi connectivity index (χ3n) is 2.95. The van der Waals surface area contributed by atoms with Crippen LogP contribution in [0.4, 0.5) is 5.69 Å². The molecule has 0 bridgehead atoms. The zero-order chi connectivity index (χ0) is 14.4. The van der Waals surface area contributed by atoms with Crippen molar-refractivity contribution < 1.29 is 14.3 Å². The fourth-order valence-corrected chi connectivity index (χ4v) is 1.65. The van der Waals surface area contributed by atoms with Crippen LogP contribution in [-0.4, -0.2) is 38.1 Å². The molecule has 1 fully saturated rings. The topological polar surface area (TPSA) is 79.5 Å². The van der Waals surface area contributed by atoms with Gasteiger partial charge >= 0.3 is 0 Å². The maximum absolute atomic E-state index is 11.6. The number of nitrogens with one attached hydrogen (secondary N) is 3. The monoisotopic (exact) mass is 277 g/mol. The molecule has 2 rings (SSSR count). The van der Waals surface area contributed by atoms with E-state index in [-0.39, 0.29) is 24.9 Å². The number of ether oxygens (including phenoxy) is 1. The van der Waals surface area contributed by atoms with Crippen LogP contribution in [0.2, 0.25) is 0 Å². The second-order valence-corrected chi connectivity index (χ2v) is 4.71. The Hall–Kier alpha value is -2.08. The lowest BCUT2D eigenvalue weighted by atomic mass is 10.3. The quantitative estimate of drug-likeness (QED) is 0.678. The summed E-state index contributed by atoms with van der Waals surface area (Å²) >= 11 is 0. The first kappa shape index (κ1) is 14.3. The lowest BCUT2D eigenvalue weighted by molar-refractivity contribution is -0.123. The van der Waals surface area contributed by atoms with Crippen LogP contribution in [0.1, 0.15) is 12.8 Å². The van der Waals surface area contributed by atoms with E-state index in [0.717, 1.165) is 18.6 Å². The van der Waals surface area contributed by atoms with Crippen molar-refractivity contribution in [2.75, 3.05) is 25.5 Å². The number of methoxy groups -OCH3 is 1. The first-order valence-corrected chi connectivity index (χ1v) is 6.61. The molecule has 1 aromatic rings. The Labute approximate surface area is 117 Å². The molecule has 2 amide bonds. The molecular formula is C14H19N3O3. The Kier molecular flexibility index (Phi) is 4.95. The Morgan fingerprint density at radius 2 is 1.85 bits per heavy atom. The van der Waals surface area contributed by atoms with Crippen molar-refractivity contribution in [1.82, 2.24) is 10.6 Å². The second kappa shape index (κ2) is 6.91. The minimum atomic E-state index is -0.255. The Bertz CT molecular complexity index is 469. The molecule has 0 aromatic heterocycles. The van der Waals surface area contributed by atoms with E-state index in [2.05, 4.69) is 16.0 Å². The normalized spacial score (nSPS) is 13.7. The SMILES string of the molecule is COc1ccc(NC(=O)CNC(=O)CNC2CC2)cc1. The summed E-state index contributed by atoms with van der Waals surface area (Å²) in [5.74, 6) is 0.305. The molecule has 0 heterocycles. The van der Waals surface area contributed by atoms with E-state index in [0.29, 0.717) is 11.7 Å². The average Bonchev–Trinajstić information content (AvgIpc) is 3.28. The van der Waals surface area contributed by atoms with E-state index in [1.165, 1.54) is 0 Å². The van der Waals surface area contributed by atoms with Crippen molar-refractivity contribution in [3.8, 4) is 5.75 Å². The fraction of sp³-hybridized carbons (Fsp3) is 0.429. The van der Waals surface area contributed by atoms with Gasteiger partial charge in [0.2, 0.25) is 11.8 Å². The van der Waals surface area contributed by atoms with Gasteiger partial charge in [0.25, 0.3) is 0 Å². The van der Waals surface area contributed by atoms with E-state index >= 15 is 0 Å². The predicted octanol–water partition coefficient (Wildman–Crippen LogP) is 0.502. The predicted molar refractivity (Wildman–Crippen MR) is 75.7 cm³/mol. The summed E-state index contributed by atoms with van der Waals surface area (Å²) in [5.41, 5.74) is 0.668. The highest BCUT2D eigenvalue weighted by Crippen LogP contribution is 2.17. The molecule has 3 N–H and O–H groups in total. The Morgan fingerprint density at radius 3 is 2.45 bits per heavy atom. The lowest BCUT2D eigenvalue weighted by Gasteiger charge is -2.08. The standard InChI is InChI=1S/C14H19N3O3/c1-20-12-6-4-11(5-7-12)17-14(19)9-16-13(18)8-15-10-2-3-10/h4-7,10,15H,2-3,8-9H2,1H3,(H,16,18)(H,17,19). The number of anilines is 1. The largest absolute Gasteiger partial charge is 0.497 e. The van der Waals surface area contributed by atoms with Gasteiger partial charge in [-0.25, -0.2) is 0 Å². The first-order valence-electron chi connectivity index (χ1n) is 6.61. The van der Waals surface area contributed by atoms with Crippen LogP contribution < -0.4 is 20.7 Å². The Morgan fingerprint density at radius 1 is 1.15 bits per heavy atom. The molecule has 0 radical (unpaired) electrons. The summed E-state index contributed by atoms with van der Waals surface area (Å²) in [7, 11) is 1.58. The molecule has 1 aromatic carbocycles. The van der Waals surface area contributed by atoms with Gasteiger partial charge in [-0.05, 0) is 37.1 Å². The van der Waals surface area contributed by atoms with Crippen LogP contribution in [0.3, 0.4) is 0 Å². The molecule has 6 heteroatoms. The fourth-order valence-electron chi connectivity index (χ4n) is 1.65. The summed E-state index contributed by atoms with van der Waals surface area (Å²) in [6.45, 7) is 0.234. The van der Waals surface area contributed by atoms with E-state index in [1.807, 2.05) is 0 Å². The van der Waals surface area contributed by atoms with Crippen LogP contribution in [-0.2, 0) is 9.59 Å². The van der Waals surface area contributed by atoms with Gasteiger partial charge in [-0.15, -0.1) is 0 Å². The van der Waals surface area contributed by atoms with E-state index < -0.39 is 0 Å². The highest BCUT2D eigenvalue weighted by Gasteiger charge is 2.21. The maximum Gasteiger partial charge on any atom is 0.243 e. The molecule has 0 atom stereocenters. The number of carbonyl (C=O) groups is 2. The second-order valence-electron chi connectivity index (χ2n) is 4.71. The van der Waals surface area contributed by atoms with Crippen LogP contribution in [0.25, 0.3) is 0 Å². The van der Waals surface area contributed by atoms with Crippen molar-refractivity contribution in [2.24, 2.45) is 0 Å². The molecule has 0 spiro atoms. The number of hydrogen-bond acceptors (Lipinski definition) is 4. The summed E-state index contributed by atoms with van der Waals surface area (Å²) in [4.78, 5) is 23.1. The van der Waals surface area contributed by atoms with Crippen LogP contribution in [0, 0.1) is 0 Å². The first-order chi connectivity index (χ1) is 9.67. The smallest absolute Gasteiger partial charge is 0.243 e. The van der Waals surface area contributed by atoms with Crippen LogP contribution in [0.5, 0.6) is 5.75 Å². The Balaban J connectivity index is 1.66. The van der Waals surface area contributed by atoms with Crippen LogP contribution >= 0.6 is 0 Å². The van der Waals surface area contributed by atoms with Gasteiger partial charge in [-0.3, -0.25) is 9.59 Å². The lowest BCUT2D eigenvalue weighted by Crippen LogP contribution is -2.39. The number of amides is 2. The van der Waals surface area contributed by atoms with Crippen molar-refractivity contribution in [1.29, 1.82) is 0 Å². The number of rotatable bonds is 7. The number of hydrogen-bond donors (Lipinski definition) is 3. The molecule has 108 valence electrons. The molecule has 6 nitrogen and oxygen atoms in total. The van der Waals surface area contributed by atoms with Crippen molar-refractivity contribution in [3.05, 3.63) is 24.3 Å². The highest BCUT2D eigenvalue weighted by molar-refractivity contribution is 5.94. The zero-order valence-electron chi connectivity index (χ0n) is 11.4. The van der Waals surface area contributed by atoms with E-state index in [9.17, 15) is 9.59 Å². The molecule has 0 aliphatic heterocycles. The maximum atomic E-state index is 11.6. The van der Waals surface area contributed by atoms with Crippen LogP contribution in [0.15, 0.2) is 24.3 Å². The van der Waals surface area contributed by atoms with Gasteiger partial charge in [0.05, 0.1) is 20.2 Å². The van der Waals surface area contributed by atoms with E-state index in [4.69, 9.17) is 4.74 Å². The molecule has 1 aliphatic rings. The minimum absolute atomic E-state index is 0.0305. The third-order valence-corrected chi connectivity index (χ3v) is 2.95. The van der Waals surface area contributed by atoms with Gasteiger partial charge in [0, 0.05) is 11.7 Å². The number of carbonyl (C=O) groups excluding carboxylic acids is 2. The van der Waals surface area contributed by atoms with Gasteiger partial charge in [0.1, 0.15) is 5.75 Å². The number of benzene rings is 1. The average molecular weight is 277 g/mol. The molecule has 20 heavy (non-hydrogen) atoms. The molecule has 1 aliphatic carbocycles. The van der Waals surface area contributed by atoms with Gasteiger partial charge < -0.3 is 20.7 Å². The van der Waals surface area contributed by atoms with Gasteiger partial charge in [-0.2, -0.15) is 0 Å². The molecule has 1 saturated carbocycles. The van der Waals surface area contributed by atoms with Crippen molar-refractivity contribution in [3.63, 3.8) is 0 Å². The minimum Gasteiger partial charge on any atom is -0.497 e. The summed E-state index contributed by atoms with van der Waals surface area (Å²) in [6.07, 6.45) is 2.26. The van der Waals surface area contributed by atoms with E-state index in [1.54, 1.807) is 31.4 Å².